The number of benzene rings is 1. The van der Waals surface area contributed by atoms with Gasteiger partial charge in [-0.1, -0.05) is 29.8 Å². The van der Waals surface area contributed by atoms with Crippen LogP contribution in [-0.4, -0.2) is 9.34 Å². The molecule has 0 aliphatic carbocycles. The second-order valence-electron chi connectivity index (χ2n) is 3.61. The van der Waals surface area contributed by atoms with Gasteiger partial charge in [0.1, 0.15) is 0 Å². The van der Waals surface area contributed by atoms with Gasteiger partial charge in [0, 0.05) is 6.20 Å². The molecule has 0 spiro atoms. The molecule has 2 rings (SSSR count). The summed E-state index contributed by atoms with van der Waals surface area (Å²) in [7, 11) is 0. The molecular weight excluding hydrogens is 329 g/mol. The molecule has 0 atom stereocenters. The summed E-state index contributed by atoms with van der Waals surface area (Å²) in [4.78, 5) is 4.38. The van der Waals surface area contributed by atoms with Crippen molar-refractivity contribution in [3.63, 3.8) is 0 Å². The Bertz CT molecular complexity index is 486. The van der Waals surface area contributed by atoms with E-state index in [4.69, 9.17) is 0 Å². The highest BCUT2D eigenvalue weighted by Gasteiger charge is 2.14. The Hall–Kier alpha value is -0.605. The lowest BCUT2D eigenvalue weighted by Gasteiger charge is -2.09. The third kappa shape index (κ3) is 2.55. The average Bonchev–Trinajstić information content (AvgIpc) is 2.30. The van der Waals surface area contributed by atoms with Gasteiger partial charge in [0.25, 0.3) is 0 Å². The van der Waals surface area contributed by atoms with E-state index in [0.717, 1.165) is 11.3 Å². The van der Waals surface area contributed by atoms with Crippen LogP contribution in [0.15, 0.2) is 42.6 Å². The predicted molar refractivity (Wildman–Crippen MR) is 77.7 cm³/mol. The Morgan fingerprint density at radius 1 is 1.12 bits per heavy atom. The van der Waals surface area contributed by atoms with Crippen molar-refractivity contribution in [2.45, 2.75) is 6.92 Å². The fourth-order valence-electron chi connectivity index (χ4n) is 1.62. The average molecular weight is 339 g/mol. The van der Waals surface area contributed by atoms with Gasteiger partial charge >= 0.3 is 4.36 Å². The molecule has 0 fully saturated rings. The molecule has 16 heavy (non-hydrogen) atoms. The number of halogens is 2. The number of pyridine rings is 1. The zero-order valence-electron chi connectivity index (χ0n) is 8.82. The third-order valence-electron chi connectivity index (χ3n) is 2.38. The summed E-state index contributed by atoms with van der Waals surface area (Å²) < 4.78 is 0.150. The van der Waals surface area contributed by atoms with E-state index in [1.54, 1.807) is 0 Å². The van der Waals surface area contributed by atoms with Crippen LogP contribution >= 0.6 is 31.5 Å². The molecule has 80 valence electrons. The van der Waals surface area contributed by atoms with Crippen molar-refractivity contribution >= 4 is 41.3 Å². The molecule has 2 aromatic rings. The molecule has 0 aliphatic heterocycles. The van der Waals surface area contributed by atoms with Crippen LogP contribution in [0.2, 0.25) is 0 Å². The Morgan fingerprint density at radius 3 is 2.56 bits per heavy atom. The lowest BCUT2D eigenvalue weighted by Crippen LogP contribution is -2.20. The molecule has 0 bridgehead atoms. The first-order chi connectivity index (χ1) is 7.68. The molecule has 0 saturated heterocycles. The van der Waals surface area contributed by atoms with E-state index in [9.17, 15) is 0 Å². The van der Waals surface area contributed by atoms with Crippen molar-refractivity contribution in [2.24, 2.45) is 0 Å². The van der Waals surface area contributed by atoms with Crippen molar-refractivity contribution < 1.29 is 0 Å². The van der Waals surface area contributed by atoms with E-state index >= 15 is 0 Å². The lowest BCUT2D eigenvalue weighted by atomic mass is 9.87. The standard InChI is InChI=1S/C12H10BBr2N/c1-9-5-6-10(11(8-9)13(14)15)12-4-2-3-7-16-12/h2-8H,1H3. The largest absolute Gasteiger partial charge is 0.330 e. The number of aromatic nitrogens is 1. The Labute approximate surface area is 112 Å². The van der Waals surface area contributed by atoms with Crippen molar-refractivity contribution in [1.29, 1.82) is 0 Å². The van der Waals surface area contributed by atoms with Gasteiger partial charge in [-0.3, -0.25) is 4.98 Å². The highest BCUT2D eigenvalue weighted by Crippen LogP contribution is 2.18. The molecule has 0 saturated carbocycles. The highest BCUT2D eigenvalue weighted by molar-refractivity contribution is 9.49. The highest BCUT2D eigenvalue weighted by atomic mass is 79.9. The Balaban J connectivity index is 2.57. The number of hydrogen-bond acceptors (Lipinski definition) is 1. The summed E-state index contributed by atoms with van der Waals surface area (Å²) in [6.07, 6.45) is 1.82. The van der Waals surface area contributed by atoms with Gasteiger partial charge in [-0.05, 0) is 30.1 Å². The maximum absolute atomic E-state index is 4.38. The van der Waals surface area contributed by atoms with Crippen molar-refractivity contribution in [3.05, 3.63) is 48.2 Å². The van der Waals surface area contributed by atoms with Crippen LogP contribution < -0.4 is 5.46 Å². The molecule has 0 amide bonds. The summed E-state index contributed by atoms with van der Waals surface area (Å²) >= 11 is 7.11. The van der Waals surface area contributed by atoms with Crippen molar-refractivity contribution in [2.75, 3.05) is 0 Å². The molecule has 0 unspecified atom stereocenters. The van der Waals surface area contributed by atoms with Crippen LogP contribution in [0.1, 0.15) is 5.56 Å². The SMILES string of the molecule is Cc1ccc(-c2ccccn2)c(B(Br)Br)c1. The second-order valence-corrected chi connectivity index (χ2v) is 6.67. The summed E-state index contributed by atoms with van der Waals surface area (Å²) in [6.45, 7) is 2.09. The molecular formula is C12H10BBr2N. The summed E-state index contributed by atoms with van der Waals surface area (Å²) in [6, 6.07) is 12.3. The van der Waals surface area contributed by atoms with Crippen LogP contribution in [0, 0.1) is 6.92 Å². The van der Waals surface area contributed by atoms with Crippen LogP contribution in [0.25, 0.3) is 11.3 Å². The minimum atomic E-state index is 0.150. The van der Waals surface area contributed by atoms with E-state index in [2.05, 4.69) is 61.6 Å². The van der Waals surface area contributed by atoms with Gasteiger partial charge in [0.2, 0.25) is 0 Å². The van der Waals surface area contributed by atoms with Gasteiger partial charge in [0.15, 0.2) is 0 Å². The predicted octanol–water partition coefficient (Wildman–Crippen LogP) is 3.54. The summed E-state index contributed by atoms with van der Waals surface area (Å²) in [5.41, 5.74) is 4.61. The van der Waals surface area contributed by atoms with Crippen molar-refractivity contribution in [1.82, 2.24) is 4.98 Å². The second kappa shape index (κ2) is 5.15. The van der Waals surface area contributed by atoms with E-state index in [1.165, 1.54) is 11.0 Å². The fourth-order valence-corrected chi connectivity index (χ4v) is 2.38. The molecule has 0 aliphatic rings. The van der Waals surface area contributed by atoms with Gasteiger partial charge in [-0.15, -0.1) is 31.5 Å². The molecule has 1 aromatic carbocycles. The van der Waals surface area contributed by atoms with Gasteiger partial charge in [-0.2, -0.15) is 0 Å². The van der Waals surface area contributed by atoms with Crippen LogP contribution in [-0.2, 0) is 0 Å². The quantitative estimate of drug-likeness (QED) is 0.763. The molecule has 4 heteroatoms. The Kier molecular flexibility index (Phi) is 3.82. The molecule has 0 radical (unpaired) electrons. The van der Waals surface area contributed by atoms with E-state index in [-0.39, 0.29) is 4.36 Å². The first kappa shape index (κ1) is 11.9. The van der Waals surface area contributed by atoms with E-state index < -0.39 is 0 Å². The fraction of sp³-hybridized carbons (Fsp3) is 0.0833. The molecule has 1 heterocycles. The van der Waals surface area contributed by atoms with Crippen LogP contribution in [0.3, 0.4) is 0 Å². The zero-order valence-corrected chi connectivity index (χ0v) is 12.0. The number of aryl methyl sites for hydroxylation is 1. The topological polar surface area (TPSA) is 12.9 Å². The summed E-state index contributed by atoms with van der Waals surface area (Å²) in [5, 5.41) is 0. The van der Waals surface area contributed by atoms with Gasteiger partial charge in [-0.25, -0.2) is 0 Å². The van der Waals surface area contributed by atoms with Crippen molar-refractivity contribution in [3.8, 4) is 11.3 Å². The van der Waals surface area contributed by atoms with Crippen LogP contribution in [0.4, 0.5) is 0 Å². The monoisotopic (exact) mass is 337 g/mol. The van der Waals surface area contributed by atoms with Crippen LogP contribution in [0.5, 0.6) is 0 Å². The van der Waals surface area contributed by atoms with Gasteiger partial charge < -0.3 is 0 Å². The number of hydrogen-bond donors (Lipinski definition) is 0. The maximum atomic E-state index is 4.38. The maximum Gasteiger partial charge on any atom is 0.330 e. The first-order valence-electron chi connectivity index (χ1n) is 4.98. The smallest absolute Gasteiger partial charge is 0.256 e. The Morgan fingerprint density at radius 2 is 1.94 bits per heavy atom. The van der Waals surface area contributed by atoms with Gasteiger partial charge in [0.05, 0.1) is 5.69 Å². The molecule has 1 aromatic heterocycles. The van der Waals surface area contributed by atoms with E-state index in [0.29, 0.717) is 0 Å². The normalized spacial score (nSPS) is 10.2. The third-order valence-corrected chi connectivity index (χ3v) is 3.37. The van der Waals surface area contributed by atoms with E-state index in [1.807, 2.05) is 24.4 Å². The number of rotatable bonds is 2. The summed E-state index contributed by atoms with van der Waals surface area (Å²) in [5.74, 6) is 0. The zero-order chi connectivity index (χ0) is 11.5. The minimum absolute atomic E-state index is 0.150. The lowest BCUT2D eigenvalue weighted by molar-refractivity contribution is 1.33. The first-order valence-corrected chi connectivity index (χ1v) is 6.81. The number of nitrogens with zero attached hydrogens (tertiary/aromatic N) is 1. The minimum Gasteiger partial charge on any atom is -0.256 e. The molecule has 1 nitrogen and oxygen atoms in total. The molecule has 0 N–H and O–H groups in total.